The molecule has 0 spiro atoms. The Hall–Kier alpha value is -0.0800. The summed E-state index contributed by atoms with van der Waals surface area (Å²) in [6.07, 6.45) is 7.06. The van der Waals surface area contributed by atoms with Crippen molar-refractivity contribution in [3.63, 3.8) is 0 Å². The van der Waals surface area contributed by atoms with Gasteiger partial charge in [0.25, 0.3) is 0 Å². The highest BCUT2D eigenvalue weighted by Gasteiger charge is 2.32. The maximum atomic E-state index is 5.89. The molecule has 0 saturated heterocycles. The molecule has 1 rings (SSSR count). The van der Waals surface area contributed by atoms with Crippen molar-refractivity contribution < 1.29 is 4.74 Å². The molecule has 15 heavy (non-hydrogen) atoms. The average Bonchev–Trinajstić information content (AvgIpc) is 2.14. The Labute approximate surface area is 94.8 Å². The normalized spacial score (nSPS) is 21.0. The maximum absolute atomic E-state index is 5.89. The van der Waals surface area contributed by atoms with E-state index in [0.29, 0.717) is 12.1 Å². The lowest BCUT2D eigenvalue weighted by atomic mass is 9.77. The fraction of sp³-hybridized carbons (Fsp3) is 1.00. The van der Waals surface area contributed by atoms with Crippen LogP contribution in [0, 0.1) is 5.92 Å². The van der Waals surface area contributed by atoms with Crippen LogP contribution in [0.1, 0.15) is 52.9 Å². The van der Waals surface area contributed by atoms with Crippen LogP contribution in [-0.4, -0.2) is 25.3 Å². The molecular weight excluding hydrogens is 186 g/mol. The highest BCUT2D eigenvalue weighted by atomic mass is 16.5. The first-order chi connectivity index (χ1) is 7.33. The predicted octanol–water partition coefficient (Wildman–Crippen LogP) is 2.97. The predicted molar refractivity (Wildman–Crippen MR) is 65.1 cm³/mol. The van der Waals surface area contributed by atoms with Gasteiger partial charge in [0, 0.05) is 12.6 Å². The molecular formula is C13H27NO. The lowest BCUT2D eigenvalue weighted by Crippen LogP contribution is -2.48. The van der Waals surface area contributed by atoms with Gasteiger partial charge in [0.15, 0.2) is 0 Å². The maximum Gasteiger partial charge on any atom is 0.0730 e. The molecule has 0 bridgehead atoms. The van der Waals surface area contributed by atoms with Crippen LogP contribution >= 0.6 is 0 Å². The molecule has 0 aromatic heterocycles. The number of likely N-dealkylation sites (N-methyl/N-ethyl adjacent to an activating group) is 1. The van der Waals surface area contributed by atoms with E-state index in [9.17, 15) is 0 Å². The number of rotatable bonds is 8. The molecule has 1 aliphatic rings. The Kier molecular flexibility index (Phi) is 6.26. The van der Waals surface area contributed by atoms with Crippen LogP contribution in [0.15, 0.2) is 0 Å². The molecule has 0 aromatic carbocycles. The van der Waals surface area contributed by atoms with Crippen LogP contribution in [0.3, 0.4) is 0 Å². The van der Waals surface area contributed by atoms with E-state index in [1.54, 1.807) is 0 Å². The van der Waals surface area contributed by atoms with E-state index in [2.05, 4.69) is 26.1 Å². The van der Waals surface area contributed by atoms with Crippen molar-refractivity contribution in [2.45, 2.75) is 65.0 Å². The third-order valence-electron chi connectivity index (χ3n) is 3.45. The van der Waals surface area contributed by atoms with Crippen LogP contribution in [0.25, 0.3) is 0 Å². The summed E-state index contributed by atoms with van der Waals surface area (Å²) in [5.41, 5.74) is 0. The number of ether oxygens (including phenoxy) is 1. The Morgan fingerprint density at radius 1 is 1.27 bits per heavy atom. The second-order valence-corrected chi connectivity index (χ2v) is 4.56. The molecule has 1 N–H and O–H groups in total. The smallest absolute Gasteiger partial charge is 0.0730 e. The molecule has 0 aromatic rings. The molecule has 2 nitrogen and oxygen atoms in total. The third-order valence-corrected chi connectivity index (χ3v) is 3.45. The van der Waals surface area contributed by atoms with Gasteiger partial charge >= 0.3 is 0 Å². The summed E-state index contributed by atoms with van der Waals surface area (Å²) in [4.78, 5) is 0. The fourth-order valence-corrected chi connectivity index (χ4v) is 2.50. The second kappa shape index (κ2) is 7.24. The van der Waals surface area contributed by atoms with Crippen molar-refractivity contribution in [1.82, 2.24) is 5.32 Å². The SMILES string of the molecule is CCCC(OCC)C(NCC)C1CCC1. The van der Waals surface area contributed by atoms with Crippen LogP contribution < -0.4 is 5.32 Å². The molecule has 1 saturated carbocycles. The fourth-order valence-electron chi connectivity index (χ4n) is 2.50. The van der Waals surface area contributed by atoms with E-state index < -0.39 is 0 Å². The van der Waals surface area contributed by atoms with Crippen LogP contribution in [0.2, 0.25) is 0 Å². The summed E-state index contributed by atoms with van der Waals surface area (Å²) in [6, 6.07) is 0.601. The molecule has 2 unspecified atom stereocenters. The highest BCUT2D eigenvalue weighted by Crippen LogP contribution is 2.32. The lowest BCUT2D eigenvalue weighted by Gasteiger charge is -2.39. The molecule has 0 aliphatic heterocycles. The van der Waals surface area contributed by atoms with Gasteiger partial charge in [0.05, 0.1) is 6.10 Å². The van der Waals surface area contributed by atoms with Gasteiger partial charge < -0.3 is 10.1 Å². The van der Waals surface area contributed by atoms with Crippen LogP contribution in [0.4, 0.5) is 0 Å². The van der Waals surface area contributed by atoms with Crippen molar-refractivity contribution in [3.8, 4) is 0 Å². The summed E-state index contributed by atoms with van der Waals surface area (Å²) in [6.45, 7) is 8.45. The molecule has 1 fully saturated rings. The Bertz CT molecular complexity index is 151. The van der Waals surface area contributed by atoms with Gasteiger partial charge in [0.1, 0.15) is 0 Å². The number of nitrogens with one attached hydrogen (secondary N) is 1. The van der Waals surface area contributed by atoms with E-state index in [0.717, 1.165) is 19.1 Å². The Morgan fingerprint density at radius 2 is 2.00 bits per heavy atom. The molecule has 0 radical (unpaired) electrons. The van der Waals surface area contributed by atoms with Gasteiger partial charge in [-0.1, -0.05) is 26.7 Å². The minimum Gasteiger partial charge on any atom is -0.377 e. The van der Waals surface area contributed by atoms with Crippen LogP contribution in [0.5, 0.6) is 0 Å². The highest BCUT2D eigenvalue weighted by molar-refractivity contribution is 4.88. The molecule has 90 valence electrons. The van der Waals surface area contributed by atoms with Crippen molar-refractivity contribution in [2.24, 2.45) is 5.92 Å². The zero-order chi connectivity index (χ0) is 11.1. The monoisotopic (exact) mass is 213 g/mol. The van der Waals surface area contributed by atoms with Crippen molar-refractivity contribution in [3.05, 3.63) is 0 Å². The topological polar surface area (TPSA) is 21.3 Å². The average molecular weight is 213 g/mol. The van der Waals surface area contributed by atoms with Gasteiger partial charge in [0.2, 0.25) is 0 Å². The first kappa shape index (κ1) is 13.0. The van der Waals surface area contributed by atoms with Gasteiger partial charge in [-0.3, -0.25) is 0 Å². The summed E-state index contributed by atoms with van der Waals surface area (Å²) < 4.78 is 5.89. The molecule has 0 heterocycles. The van der Waals surface area contributed by atoms with E-state index in [4.69, 9.17) is 4.74 Å². The van der Waals surface area contributed by atoms with E-state index >= 15 is 0 Å². The van der Waals surface area contributed by atoms with Gasteiger partial charge in [-0.15, -0.1) is 0 Å². The van der Waals surface area contributed by atoms with Gasteiger partial charge in [-0.05, 0) is 38.6 Å². The lowest BCUT2D eigenvalue weighted by molar-refractivity contribution is -0.000721. The summed E-state index contributed by atoms with van der Waals surface area (Å²) in [5, 5.41) is 3.63. The summed E-state index contributed by atoms with van der Waals surface area (Å²) in [7, 11) is 0. The summed E-state index contributed by atoms with van der Waals surface area (Å²) in [5.74, 6) is 0.869. The number of hydrogen-bond acceptors (Lipinski definition) is 2. The first-order valence-electron chi connectivity index (χ1n) is 6.68. The van der Waals surface area contributed by atoms with Gasteiger partial charge in [-0.2, -0.15) is 0 Å². The van der Waals surface area contributed by atoms with Crippen molar-refractivity contribution in [1.29, 1.82) is 0 Å². The van der Waals surface area contributed by atoms with Crippen LogP contribution in [-0.2, 0) is 4.74 Å². The van der Waals surface area contributed by atoms with E-state index in [-0.39, 0.29) is 0 Å². The Balaban J connectivity index is 2.47. The van der Waals surface area contributed by atoms with Crippen molar-refractivity contribution in [2.75, 3.05) is 13.2 Å². The number of hydrogen-bond donors (Lipinski definition) is 1. The molecule has 2 heteroatoms. The zero-order valence-corrected chi connectivity index (χ0v) is 10.6. The van der Waals surface area contributed by atoms with E-state index in [1.807, 2.05) is 0 Å². The van der Waals surface area contributed by atoms with Gasteiger partial charge in [-0.25, -0.2) is 0 Å². The van der Waals surface area contributed by atoms with Crippen molar-refractivity contribution >= 4 is 0 Å². The largest absolute Gasteiger partial charge is 0.377 e. The minimum atomic E-state index is 0.435. The third kappa shape index (κ3) is 3.76. The zero-order valence-electron chi connectivity index (χ0n) is 10.6. The van der Waals surface area contributed by atoms with E-state index in [1.165, 1.54) is 32.1 Å². The molecule has 0 amide bonds. The molecule has 2 atom stereocenters. The standard InChI is InChI=1S/C13H27NO/c1-4-8-12(15-6-3)13(14-5-2)11-9-7-10-11/h11-14H,4-10H2,1-3H3. The quantitative estimate of drug-likeness (QED) is 0.669. The Morgan fingerprint density at radius 3 is 2.40 bits per heavy atom. The molecule has 1 aliphatic carbocycles. The summed E-state index contributed by atoms with van der Waals surface area (Å²) >= 11 is 0. The minimum absolute atomic E-state index is 0.435. The first-order valence-corrected chi connectivity index (χ1v) is 6.68. The second-order valence-electron chi connectivity index (χ2n) is 4.56.